The van der Waals surface area contributed by atoms with Crippen molar-refractivity contribution in [3.8, 4) is 11.5 Å². The first-order valence-electron chi connectivity index (χ1n) is 7.08. The molecule has 0 heterocycles. The fraction of sp³-hybridized carbons (Fsp3) is 0.111. The summed E-state index contributed by atoms with van der Waals surface area (Å²) >= 11 is 0. The molecule has 0 amide bonds. The van der Waals surface area contributed by atoms with Crippen molar-refractivity contribution in [2.45, 2.75) is 0 Å². The van der Waals surface area contributed by atoms with Crippen molar-refractivity contribution in [1.29, 1.82) is 0 Å². The van der Waals surface area contributed by atoms with E-state index in [1.807, 2.05) is 0 Å². The minimum Gasteiger partial charge on any atom is -0.430 e. The molecule has 0 aliphatic heterocycles. The maximum atomic E-state index is 11.6. The lowest BCUT2D eigenvalue weighted by Gasteiger charge is -2.11. The minimum absolute atomic E-state index is 0.0487. The SMILES string of the molecule is C=CCOC(=O)Oc1ccc(OC(=O)OCC=C)c2ccccc12. The zero-order chi connectivity index (χ0) is 17.4. The van der Waals surface area contributed by atoms with Crippen molar-refractivity contribution < 1.29 is 28.5 Å². The summed E-state index contributed by atoms with van der Waals surface area (Å²) < 4.78 is 19.9. The lowest BCUT2D eigenvalue weighted by Crippen LogP contribution is -2.12. The van der Waals surface area contributed by atoms with Crippen LogP contribution in [0.3, 0.4) is 0 Å². The highest BCUT2D eigenvalue weighted by molar-refractivity contribution is 5.95. The van der Waals surface area contributed by atoms with Crippen molar-refractivity contribution in [2.24, 2.45) is 0 Å². The quantitative estimate of drug-likeness (QED) is 0.449. The molecule has 6 nitrogen and oxygen atoms in total. The molecule has 0 fully saturated rings. The molecular weight excluding hydrogens is 312 g/mol. The Morgan fingerprint density at radius 3 is 1.58 bits per heavy atom. The van der Waals surface area contributed by atoms with E-state index in [9.17, 15) is 9.59 Å². The largest absolute Gasteiger partial charge is 0.514 e. The number of carbonyl (C=O) groups is 2. The van der Waals surface area contributed by atoms with Crippen LogP contribution in [0.1, 0.15) is 0 Å². The van der Waals surface area contributed by atoms with Gasteiger partial charge in [0, 0.05) is 10.8 Å². The molecule has 2 aromatic carbocycles. The van der Waals surface area contributed by atoms with Crippen LogP contribution in [0.5, 0.6) is 11.5 Å². The van der Waals surface area contributed by atoms with E-state index in [1.54, 1.807) is 24.3 Å². The third-order valence-electron chi connectivity index (χ3n) is 2.87. The highest BCUT2D eigenvalue weighted by atomic mass is 16.7. The number of fused-ring (bicyclic) bond motifs is 1. The molecule has 0 saturated carbocycles. The monoisotopic (exact) mass is 328 g/mol. The van der Waals surface area contributed by atoms with Gasteiger partial charge in [-0.2, -0.15) is 0 Å². The number of rotatable bonds is 6. The Morgan fingerprint density at radius 1 is 0.792 bits per heavy atom. The maximum Gasteiger partial charge on any atom is 0.514 e. The third kappa shape index (κ3) is 4.36. The Labute approximate surface area is 138 Å². The summed E-state index contributed by atoms with van der Waals surface area (Å²) in [6, 6.07) is 10.0. The van der Waals surface area contributed by atoms with Crippen molar-refractivity contribution in [1.82, 2.24) is 0 Å². The standard InChI is InChI=1S/C18H16O6/c1-3-11-21-17(19)23-15-9-10-16(24-18(20)22-12-4-2)14-8-6-5-7-13(14)15/h3-10H,1-2,11-12H2. The summed E-state index contributed by atoms with van der Waals surface area (Å²) in [4.78, 5) is 23.2. The van der Waals surface area contributed by atoms with Crippen LogP contribution in [0.25, 0.3) is 10.8 Å². The van der Waals surface area contributed by atoms with E-state index in [1.165, 1.54) is 24.3 Å². The van der Waals surface area contributed by atoms with Gasteiger partial charge in [0.2, 0.25) is 0 Å². The summed E-state index contributed by atoms with van der Waals surface area (Å²) in [5.74, 6) is 0.568. The van der Waals surface area contributed by atoms with Crippen molar-refractivity contribution in [3.63, 3.8) is 0 Å². The second kappa shape index (κ2) is 8.38. The van der Waals surface area contributed by atoms with Crippen LogP contribution in [-0.2, 0) is 9.47 Å². The summed E-state index contributed by atoms with van der Waals surface area (Å²) in [5, 5.41) is 1.17. The molecule has 0 radical (unpaired) electrons. The molecule has 0 N–H and O–H groups in total. The van der Waals surface area contributed by atoms with E-state index in [-0.39, 0.29) is 24.7 Å². The predicted octanol–water partition coefficient (Wildman–Crippen LogP) is 4.24. The average Bonchev–Trinajstić information content (AvgIpc) is 2.60. The topological polar surface area (TPSA) is 71.1 Å². The Morgan fingerprint density at radius 2 is 1.21 bits per heavy atom. The number of benzene rings is 2. The van der Waals surface area contributed by atoms with Gasteiger partial charge in [-0.1, -0.05) is 49.6 Å². The molecule has 0 bridgehead atoms. The van der Waals surface area contributed by atoms with E-state index >= 15 is 0 Å². The zero-order valence-corrected chi connectivity index (χ0v) is 12.9. The van der Waals surface area contributed by atoms with Gasteiger partial charge in [0.1, 0.15) is 24.7 Å². The van der Waals surface area contributed by atoms with Gasteiger partial charge in [-0.05, 0) is 12.1 Å². The molecule has 0 spiro atoms. The molecule has 0 aromatic heterocycles. The minimum atomic E-state index is -0.848. The highest BCUT2D eigenvalue weighted by Crippen LogP contribution is 2.33. The molecule has 0 aliphatic rings. The molecule has 124 valence electrons. The second-order valence-electron chi connectivity index (χ2n) is 4.51. The fourth-order valence-electron chi connectivity index (χ4n) is 1.91. The molecule has 2 rings (SSSR count). The maximum absolute atomic E-state index is 11.6. The van der Waals surface area contributed by atoms with E-state index in [4.69, 9.17) is 18.9 Å². The van der Waals surface area contributed by atoms with Gasteiger partial charge in [0.05, 0.1) is 0 Å². The molecule has 0 unspecified atom stereocenters. The van der Waals surface area contributed by atoms with Gasteiger partial charge in [-0.15, -0.1) is 0 Å². The summed E-state index contributed by atoms with van der Waals surface area (Å²) in [6.07, 6.45) is 1.18. The molecule has 2 aromatic rings. The molecule has 0 saturated heterocycles. The molecular formula is C18H16O6. The Bertz CT molecular complexity index is 701. The van der Waals surface area contributed by atoms with Crippen LogP contribution >= 0.6 is 0 Å². The van der Waals surface area contributed by atoms with E-state index in [0.29, 0.717) is 10.8 Å². The molecule has 0 aliphatic carbocycles. The molecule has 6 heteroatoms. The molecule has 24 heavy (non-hydrogen) atoms. The number of hydrogen-bond donors (Lipinski definition) is 0. The summed E-state index contributed by atoms with van der Waals surface area (Å²) in [6.45, 7) is 7.00. The average molecular weight is 328 g/mol. The van der Waals surface area contributed by atoms with Gasteiger partial charge in [-0.25, -0.2) is 9.59 Å². The van der Waals surface area contributed by atoms with Gasteiger partial charge in [0.25, 0.3) is 0 Å². The van der Waals surface area contributed by atoms with Gasteiger partial charge < -0.3 is 18.9 Å². The normalized spacial score (nSPS) is 9.83. The smallest absolute Gasteiger partial charge is 0.430 e. The lowest BCUT2D eigenvalue weighted by atomic mass is 10.1. The van der Waals surface area contributed by atoms with Gasteiger partial charge in [0.15, 0.2) is 0 Å². The van der Waals surface area contributed by atoms with Crippen LogP contribution in [-0.4, -0.2) is 25.5 Å². The third-order valence-corrected chi connectivity index (χ3v) is 2.87. The van der Waals surface area contributed by atoms with Crippen LogP contribution in [0.4, 0.5) is 9.59 Å². The number of ether oxygens (including phenoxy) is 4. The van der Waals surface area contributed by atoms with Crippen molar-refractivity contribution in [2.75, 3.05) is 13.2 Å². The van der Waals surface area contributed by atoms with Crippen LogP contribution in [0.15, 0.2) is 61.7 Å². The van der Waals surface area contributed by atoms with Gasteiger partial charge >= 0.3 is 12.3 Å². The highest BCUT2D eigenvalue weighted by Gasteiger charge is 2.14. The van der Waals surface area contributed by atoms with Crippen LogP contribution < -0.4 is 9.47 Å². The van der Waals surface area contributed by atoms with Crippen molar-refractivity contribution >= 4 is 23.1 Å². The van der Waals surface area contributed by atoms with E-state index in [0.717, 1.165) is 0 Å². The lowest BCUT2D eigenvalue weighted by molar-refractivity contribution is 0.108. The second-order valence-corrected chi connectivity index (χ2v) is 4.51. The number of hydrogen-bond acceptors (Lipinski definition) is 6. The first-order valence-corrected chi connectivity index (χ1v) is 7.08. The van der Waals surface area contributed by atoms with E-state index < -0.39 is 12.3 Å². The van der Waals surface area contributed by atoms with Crippen LogP contribution in [0, 0.1) is 0 Å². The Balaban J connectivity index is 2.25. The van der Waals surface area contributed by atoms with E-state index in [2.05, 4.69) is 13.2 Å². The Hall–Kier alpha value is -3.28. The zero-order valence-electron chi connectivity index (χ0n) is 12.9. The predicted molar refractivity (Wildman–Crippen MR) is 88.3 cm³/mol. The Kier molecular flexibility index (Phi) is 5.96. The first-order chi connectivity index (χ1) is 11.7. The molecule has 0 atom stereocenters. The summed E-state index contributed by atoms with van der Waals surface area (Å²) in [5.41, 5.74) is 0. The van der Waals surface area contributed by atoms with Crippen LogP contribution in [0.2, 0.25) is 0 Å². The van der Waals surface area contributed by atoms with Crippen molar-refractivity contribution in [3.05, 3.63) is 61.7 Å². The van der Waals surface area contributed by atoms with Gasteiger partial charge in [-0.3, -0.25) is 0 Å². The number of carbonyl (C=O) groups excluding carboxylic acids is 2. The summed E-state index contributed by atoms with van der Waals surface area (Å²) in [7, 11) is 0. The fourth-order valence-corrected chi connectivity index (χ4v) is 1.91. The first kappa shape index (κ1) is 17.1.